The van der Waals surface area contributed by atoms with Gasteiger partial charge in [0.25, 0.3) is 0 Å². The molecule has 0 saturated carbocycles. The number of nitrogens with zero attached hydrogens (tertiary/aromatic N) is 2. The van der Waals surface area contributed by atoms with Crippen molar-refractivity contribution in [2.75, 3.05) is 12.8 Å². The summed E-state index contributed by atoms with van der Waals surface area (Å²) in [5, 5.41) is 4.30. The molecule has 0 aromatic carbocycles. The molecule has 14 heavy (non-hydrogen) atoms. The quantitative estimate of drug-likeness (QED) is 0.764. The molecule has 1 heterocycles. The lowest BCUT2D eigenvalue weighted by Crippen LogP contribution is -2.06. The number of hydrogen-bond acceptors (Lipinski definition) is 4. The Balaban J connectivity index is 2.93. The van der Waals surface area contributed by atoms with Crippen molar-refractivity contribution in [3.05, 3.63) is 23.5 Å². The van der Waals surface area contributed by atoms with Gasteiger partial charge in [-0.2, -0.15) is 5.10 Å². The number of rotatable bonds is 3. The fourth-order valence-electron chi connectivity index (χ4n) is 0.949. The highest BCUT2D eigenvalue weighted by atomic mass is 35.5. The zero-order chi connectivity index (χ0) is 10.7. The van der Waals surface area contributed by atoms with Gasteiger partial charge in [-0.3, -0.25) is 4.68 Å². The number of nitrogen functional groups attached to an aromatic ring is 1. The van der Waals surface area contributed by atoms with Crippen molar-refractivity contribution in [3.63, 3.8) is 0 Å². The Morgan fingerprint density at radius 1 is 1.86 bits per heavy atom. The van der Waals surface area contributed by atoms with E-state index in [2.05, 4.69) is 16.4 Å². The van der Waals surface area contributed by atoms with Crippen LogP contribution in [0, 0.1) is 0 Å². The molecule has 1 aromatic rings. The van der Waals surface area contributed by atoms with Gasteiger partial charge in [-0.05, 0) is 0 Å². The number of carbonyl (C=O) groups is 1. The van der Waals surface area contributed by atoms with Crippen molar-refractivity contribution in [2.24, 2.45) is 0 Å². The SMILES string of the molecule is C=C(Cl)Cn1cc(N)c(C(=O)OC)n1. The van der Waals surface area contributed by atoms with Gasteiger partial charge in [0.05, 0.1) is 19.3 Å². The Hall–Kier alpha value is -1.49. The summed E-state index contributed by atoms with van der Waals surface area (Å²) in [7, 11) is 1.27. The molecule has 5 nitrogen and oxygen atoms in total. The van der Waals surface area contributed by atoms with Crippen LogP contribution >= 0.6 is 11.6 Å². The second kappa shape index (κ2) is 4.15. The van der Waals surface area contributed by atoms with E-state index in [9.17, 15) is 4.79 Å². The number of esters is 1. The Morgan fingerprint density at radius 3 is 3.00 bits per heavy atom. The number of aromatic nitrogens is 2. The molecular formula is C8H10ClN3O2. The topological polar surface area (TPSA) is 70.1 Å². The number of nitrogens with two attached hydrogens (primary N) is 1. The fraction of sp³-hybridized carbons (Fsp3) is 0.250. The summed E-state index contributed by atoms with van der Waals surface area (Å²) in [5.41, 5.74) is 5.88. The lowest BCUT2D eigenvalue weighted by molar-refractivity contribution is 0.0594. The van der Waals surface area contributed by atoms with Crippen LogP contribution in [0.1, 0.15) is 10.5 Å². The maximum atomic E-state index is 11.1. The van der Waals surface area contributed by atoms with E-state index in [0.29, 0.717) is 11.6 Å². The van der Waals surface area contributed by atoms with Gasteiger partial charge in [0.2, 0.25) is 0 Å². The van der Waals surface area contributed by atoms with Crippen LogP contribution in [0.25, 0.3) is 0 Å². The minimum atomic E-state index is -0.568. The van der Waals surface area contributed by atoms with Gasteiger partial charge in [0, 0.05) is 11.2 Å². The zero-order valence-electron chi connectivity index (χ0n) is 7.66. The van der Waals surface area contributed by atoms with Crippen molar-refractivity contribution in [3.8, 4) is 0 Å². The Morgan fingerprint density at radius 2 is 2.50 bits per heavy atom. The highest BCUT2D eigenvalue weighted by molar-refractivity contribution is 6.29. The lowest BCUT2D eigenvalue weighted by atomic mass is 10.4. The van der Waals surface area contributed by atoms with Crippen LogP contribution in [0.3, 0.4) is 0 Å². The maximum absolute atomic E-state index is 11.1. The van der Waals surface area contributed by atoms with Crippen LogP contribution in [0.4, 0.5) is 5.69 Å². The Kier molecular flexibility index (Phi) is 3.14. The van der Waals surface area contributed by atoms with Gasteiger partial charge in [0.15, 0.2) is 5.69 Å². The Bertz CT molecular complexity index is 373. The number of hydrogen-bond donors (Lipinski definition) is 1. The molecule has 0 bridgehead atoms. The number of ether oxygens (including phenoxy) is 1. The molecule has 0 fully saturated rings. The molecule has 76 valence electrons. The van der Waals surface area contributed by atoms with Crippen molar-refractivity contribution in [1.29, 1.82) is 0 Å². The van der Waals surface area contributed by atoms with Gasteiger partial charge in [-0.25, -0.2) is 4.79 Å². The molecule has 0 unspecified atom stereocenters. The molecule has 6 heteroatoms. The molecular weight excluding hydrogens is 206 g/mol. The predicted octanol–water partition coefficient (Wildman–Crippen LogP) is 1.00. The van der Waals surface area contributed by atoms with Crippen molar-refractivity contribution in [1.82, 2.24) is 9.78 Å². The summed E-state index contributed by atoms with van der Waals surface area (Å²) in [6, 6.07) is 0. The second-order valence-electron chi connectivity index (χ2n) is 2.64. The summed E-state index contributed by atoms with van der Waals surface area (Å²) in [6.45, 7) is 3.81. The summed E-state index contributed by atoms with van der Waals surface area (Å²) in [4.78, 5) is 11.1. The number of carbonyl (C=O) groups excluding carboxylic acids is 1. The van der Waals surface area contributed by atoms with Crippen LogP contribution in [0.2, 0.25) is 0 Å². The highest BCUT2D eigenvalue weighted by Gasteiger charge is 2.14. The first-order valence-corrected chi connectivity index (χ1v) is 4.17. The molecule has 0 aliphatic carbocycles. The normalized spacial score (nSPS) is 9.86. The van der Waals surface area contributed by atoms with Gasteiger partial charge in [-0.1, -0.05) is 18.2 Å². The number of allylic oxidation sites excluding steroid dienone is 1. The van der Waals surface area contributed by atoms with Gasteiger partial charge >= 0.3 is 5.97 Å². The van der Waals surface area contributed by atoms with E-state index >= 15 is 0 Å². The molecule has 0 aliphatic heterocycles. The molecule has 1 aromatic heterocycles. The van der Waals surface area contributed by atoms with Gasteiger partial charge in [-0.15, -0.1) is 0 Å². The van der Waals surface area contributed by atoms with Crippen LogP contribution in [-0.4, -0.2) is 22.9 Å². The summed E-state index contributed by atoms with van der Waals surface area (Å²) in [5.74, 6) is -0.568. The molecule has 0 radical (unpaired) electrons. The lowest BCUT2D eigenvalue weighted by Gasteiger charge is -1.96. The summed E-state index contributed by atoms with van der Waals surface area (Å²) >= 11 is 5.58. The largest absolute Gasteiger partial charge is 0.464 e. The molecule has 0 amide bonds. The van der Waals surface area contributed by atoms with E-state index in [1.54, 1.807) is 0 Å². The first-order chi connectivity index (χ1) is 6.54. The molecule has 0 spiro atoms. The average Bonchev–Trinajstić information content (AvgIpc) is 2.44. The third-order valence-electron chi connectivity index (χ3n) is 1.50. The smallest absolute Gasteiger partial charge is 0.360 e. The number of halogens is 1. The minimum Gasteiger partial charge on any atom is -0.464 e. The summed E-state index contributed by atoms with van der Waals surface area (Å²) < 4.78 is 5.91. The third-order valence-corrected chi connectivity index (χ3v) is 1.62. The highest BCUT2D eigenvalue weighted by Crippen LogP contribution is 2.11. The number of anilines is 1. The number of methoxy groups -OCH3 is 1. The van der Waals surface area contributed by atoms with Gasteiger partial charge in [0.1, 0.15) is 0 Å². The Labute approximate surface area is 86.1 Å². The molecule has 0 atom stereocenters. The van der Waals surface area contributed by atoms with E-state index in [1.165, 1.54) is 18.0 Å². The van der Waals surface area contributed by atoms with E-state index in [-0.39, 0.29) is 11.4 Å². The van der Waals surface area contributed by atoms with Crippen LogP contribution in [-0.2, 0) is 11.3 Å². The van der Waals surface area contributed by atoms with E-state index in [0.717, 1.165) is 0 Å². The fourth-order valence-corrected chi connectivity index (χ4v) is 1.07. The average molecular weight is 216 g/mol. The minimum absolute atomic E-state index is 0.0883. The monoisotopic (exact) mass is 215 g/mol. The molecule has 1 rings (SSSR count). The first kappa shape index (κ1) is 10.6. The van der Waals surface area contributed by atoms with E-state index in [1.807, 2.05) is 0 Å². The van der Waals surface area contributed by atoms with Crippen molar-refractivity contribution < 1.29 is 9.53 Å². The van der Waals surface area contributed by atoms with Crippen LogP contribution in [0.15, 0.2) is 17.8 Å². The van der Waals surface area contributed by atoms with Crippen LogP contribution < -0.4 is 5.73 Å². The predicted molar refractivity (Wildman–Crippen MR) is 53.0 cm³/mol. The molecule has 2 N–H and O–H groups in total. The van der Waals surface area contributed by atoms with Crippen LogP contribution in [0.5, 0.6) is 0 Å². The molecule has 0 saturated heterocycles. The van der Waals surface area contributed by atoms with Crippen molar-refractivity contribution in [2.45, 2.75) is 6.54 Å². The second-order valence-corrected chi connectivity index (χ2v) is 3.17. The van der Waals surface area contributed by atoms with Crippen molar-refractivity contribution >= 4 is 23.3 Å². The third kappa shape index (κ3) is 2.26. The van der Waals surface area contributed by atoms with Gasteiger partial charge < -0.3 is 10.5 Å². The first-order valence-electron chi connectivity index (χ1n) is 3.79. The molecule has 0 aliphatic rings. The maximum Gasteiger partial charge on any atom is 0.360 e. The summed E-state index contributed by atoms with van der Waals surface area (Å²) in [6.07, 6.45) is 1.50. The van der Waals surface area contributed by atoms with E-state index in [4.69, 9.17) is 17.3 Å². The standard InChI is InChI=1S/C8H10ClN3O2/c1-5(9)3-12-4-6(10)7(11-12)8(13)14-2/h4H,1,3,10H2,2H3. The van der Waals surface area contributed by atoms with E-state index < -0.39 is 5.97 Å². The zero-order valence-corrected chi connectivity index (χ0v) is 8.41.